The summed E-state index contributed by atoms with van der Waals surface area (Å²) < 4.78 is 7.98. The van der Waals surface area contributed by atoms with Gasteiger partial charge in [0, 0.05) is 38.1 Å². The summed E-state index contributed by atoms with van der Waals surface area (Å²) >= 11 is 1.51. The molecule has 1 unspecified atom stereocenters. The zero-order valence-corrected chi connectivity index (χ0v) is 18.5. The Morgan fingerprint density at radius 2 is 2.14 bits per heavy atom. The molecule has 0 aliphatic carbocycles. The van der Waals surface area contributed by atoms with Gasteiger partial charge in [0.2, 0.25) is 5.91 Å². The molecule has 1 aromatic carbocycles. The van der Waals surface area contributed by atoms with Crippen molar-refractivity contribution in [3.05, 3.63) is 41.7 Å². The Kier molecular flexibility index (Phi) is 8.00. The normalized spacial score (nSPS) is 16.2. The fraction of sp³-hybridized carbons (Fsp3) is 0.545. The van der Waals surface area contributed by atoms with Crippen molar-refractivity contribution in [2.24, 2.45) is 0 Å². The van der Waals surface area contributed by atoms with Crippen molar-refractivity contribution in [3.8, 4) is 0 Å². The molecule has 29 heavy (non-hydrogen) atoms. The molecule has 0 bridgehead atoms. The summed E-state index contributed by atoms with van der Waals surface area (Å²) in [4.78, 5) is 19.1. The van der Waals surface area contributed by atoms with Crippen LogP contribution in [0.15, 0.2) is 35.5 Å². The minimum atomic E-state index is 0.0549. The Labute approximate surface area is 178 Å². The zero-order valence-electron chi connectivity index (χ0n) is 17.7. The SMILES string of the molecule is Cc1nc(SCC(=O)NCCCN(C)c2ccccc2)n(CC2CCCO2)c1C. The van der Waals surface area contributed by atoms with E-state index in [9.17, 15) is 4.79 Å². The number of para-hydroxylation sites is 1. The molecule has 1 aromatic heterocycles. The summed E-state index contributed by atoms with van der Waals surface area (Å²) in [7, 11) is 2.07. The lowest BCUT2D eigenvalue weighted by Crippen LogP contribution is -2.29. The summed E-state index contributed by atoms with van der Waals surface area (Å²) in [6.07, 6.45) is 3.39. The highest BCUT2D eigenvalue weighted by Gasteiger charge is 2.20. The number of imidazole rings is 1. The van der Waals surface area contributed by atoms with Crippen LogP contribution in [0.4, 0.5) is 5.69 Å². The average Bonchev–Trinajstić information content (AvgIpc) is 3.34. The number of nitrogens with one attached hydrogen (secondary N) is 1. The maximum Gasteiger partial charge on any atom is 0.230 e. The van der Waals surface area contributed by atoms with Crippen molar-refractivity contribution in [3.63, 3.8) is 0 Å². The van der Waals surface area contributed by atoms with Gasteiger partial charge in [-0.3, -0.25) is 4.79 Å². The van der Waals surface area contributed by atoms with Crippen LogP contribution >= 0.6 is 11.8 Å². The van der Waals surface area contributed by atoms with Gasteiger partial charge in [0.05, 0.1) is 24.1 Å². The van der Waals surface area contributed by atoms with Crippen molar-refractivity contribution in [1.82, 2.24) is 14.9 Å². The second kappa shape index (κ2) is 10.7. The molecule has 2 heterocycles. The fourth-order valence-corrected chi connectivity index (χ4v) is 4.41. The maximum atomic E-state index is 12.3. The molecule has 158 valence electrons. The van der Waals surface area contributed by atoms with Crippen molar-refractivity contribution in [2.45, 2.75) is 50.9 Å². The van der Waals surface area contributed by atoms with Crippen LogP contribution < -0.4 is 10.2 Å². The van der Waals surface area contributed by atoms with E-state index in [2.05, 4.69) is 45.9 Å². The number of anilines is 1. The highest BCUT2D eigenvalue weighted by Crippen LogP contribution is 2.24. The molecule has 0 spiro atoms. The van der Waals surface area contributed by atoms with Crippen LogP contribution in [0.2, 0.25) is 0 Å². The molecule has 0 saturated carbocycles. The summed E-state index contributed by atoms with van der Waals surface area (Å²) in [6, 6.07) is 10.3. The molecule has 1 aliphatic rings. The molecule has 3 rings (SSSR count). The van der Waals surface area contributed by atoms with Crippen LogP contribution in [0, 0.1) is 13.8 Å². The van der Waals surface area contributed by atoms with E-state index in [-0.39, 0.29) is 12.0 Å². The number of thioether (sulfide) groups is 1. The van der Waals surface area contributed by atoms with Crippen LogP contribution in [0.5, 0.6) is 0 Å². The molecule has 1 amide bonds. The van der Waals surface area contributed by atoms with Crippen molar-refractivity contribution in [2.75, 3.05) is 37.4 Å². The van der Waals surface area contributed by atoms with Crippen LogP contribution in [0.25, 0.3) is 0 Å². The number of benzene rings is 1. The third-order valence-electron chi connectivity index (χ3n) is 5.35. The van der Waals surface area contributed by atoms with E-state index in [0.29, 0.717) is 12.3 Å². The van der Waals surface area contributed by atoms with Crippen molar-refractivity contribution in [1.29, 1.82) is 0 Å². The second-order valence-electron chi connectivity index (χ2n) is 7.56. The Bertz CT molecular complexity index is 788. The topological polar surface area (TPSA) is 59.4 Å². The summed E-state index contributed by atoms with van der Waals surface area (Å²) in [5.74, 6) is 0.440. The Balaban J connectivity index is 1.40. The molecule has 1 N–H and O–H groups in total. The van der Waals surface area contributed by atoms with Gasteiger partial charge in [-0.1, -0.05) is 30.0 Å². The average molecular weight is 417 g/mol. The number of aromatic nitrogens is 2. The van der Waals surface area contributed by atoms with Gasteiger partial charge in [-0.2, -0.15) is 0 Å². The molecule has 1 atom stereocenters. The summed E-state index contributed by atoms with van der Waals surface area (Å²) in [5.41, 5.74) is 3.38. The number of rotatable bonds is 10. The van der Waals surface area contributed by atoms with E-state index in [4.69, 9.17) is 4.74 Å². The molecular weight excluding hydrogens is 384 g/mol. The van der Waals surface area contributed by atoms with Gasteiger partial charge in [-0.15, -0.1) is 0 Å². The monoisotopic (exact) mass is 416 g/mol. The number of carbonyl (C=O) groups excluding carboxylic acids is 1. The third kappa shape index (κ3) is 6.24. The molecule has 7 heteroatoms. The number of hydrogen-bond acceptors (Lipinski definition) is 5. The Morgan fingerprint density at radius 1 is 1.34 bits per heavy atom. The van der Waals surface area contributed by atoms with Crippen LogP contribution in [0.1, 0.15) is 30.7 Å². The summed E-state index contributed by atoms with van der Waals surface area (Å²) in [5, 5.41) is 3.94. The number of nitrogens with zero attached hydrogens (tertiary/aromatic N) is 3. The quantitative estimate of drug-likeness (QED) is 0.475. The second-order valence-corrected chi connectivity index (χ2v) is 8.50. The van der Waals surface area contributed by atoms with Crippen molar-refractivity contribution < 1.29 is 9.53 Å². The van der Waals surface area contributed by atoms with E-state index in [0.717, 1.165) is 55.5 Å². The standard InChI is InChI=1S/C22H32N4O2S/c1-17-18(2)26(15-20-11-7-14-28-20)22(24-17)29-16-21(27)23-12-8-13-25(3)19-9-5-4-6-10-19/h4-6,9-10,20H,7-8,11-16H2,1-3H3,(H,23,27). The van der Waals surface area contributed by atoms with Gasteiger partial charge in [0.15, 0.2) is 5.16 Å². The van der Waals surface area contributed by atoms with Gasteiger partial charge in [-0.25, -0.2) is 4.98 Å². The lowest BCUT2D eigenvalue weighted by molar-refractivity contribution is -0.118. The fourth-order valence-electron chi connectivity index (χ4n) is 3.48. The van der Waals surface area contributed by atoms with Gasteiger partial charge in [-0.05, 0) is 45.2 Å². The first-order chi connectivity index (χ1) is 14.0. The van der Waals surface area contributed by atoms with Gasteiger partial charge >= 0.3 is 0 Å². The number of ether oxygens (including phenoxy) is 1. The number of hydrogen-bond donors (Lipinski definition) is 1. The zero-order chi connectivity index (χ0) is 20.6. The smallest absolute Gasteiger partial charge is 0.230 e. The highest BCUT2D eigenvalue weighted by atomic mass is 32.2. The molecule has 1 saturated heterocycles. The van der Waals surface area contributed by atoms with Crippen LogP contribution in [-0.2, 0) is 16.1 Å². The minimum absolute atomic E-state index is 0.0549. The Morgan fingerprint density at radius 3 is 2.86 bits per heavy atom. The van der Waals surface area contributed by atoms with Gasteiger partial charge < -0.3 is 19.5 Å². The lowest BCUT2D eigenvalue weighted by Gasteiger charge is -2.19. The molecule has 6 nitrogen and oxygen atoms in total. The van der Waals surface area contributed by atoms with Crippen molar-refractivity contribution >= 4 is 23.4 Å². The Hall–Kier alpha value is -1.99. The predicted octanol–water partition coefficient (Wildman–Crippen LogP) is 3.41. The van der Waals surface area contributed by atoms with E-state index >= 15 is 0 Å². The molecule has 1 fully saturated rings. The maximum absolute atomic E-state index is 12.3. The molecule has 1 aliphatic heterocycles. The van der Waals surface area contributed by atoms with E-state index in [1.165, 1.54) is 17.4 Å². The number of carbonyl (C=O) groups is 1. The first kappa shape index (κ1) is 21.7. The van der Waals surface area contributed by atoms with Crippen LogP contribution in [-0.4, -0.2) is 54.1 Å². The molecular formula is C22H32N4O2S. The van der Waals surface area contributed by atoms with E-state index < -0.39 is 0 Å². The lowest BCUT2D eigenvalue weighted by atomic mass is 10.2. The predicted molar refractivity (Wildman–Crippen MR) is 119 cm³/mol. The van der Waals surface area contributed by atoms with E-state index in [1.807, 2.05) is 25.1 Å². The first-order valence-electron chi connectivity index (χ1n) is 10.4. The first-order valence-corrected chi connectivity index (χ1v) is 11.3. The molecule has 0 radical (unpaired) electrons. The van der Waals surface area contributed by atoms with Gasteiger partial charge in [0.1, 0.15) is 0 Å². The highest BCUT2D eigenvalue weighted by molar-refractivity contribution is 7.99. The molecule has 2 aromatic rings. The number of aryl methyl sites for hydroxylation is 1. The number of amides is 1. The largest absolute Gasteiger partial charge is 0.376 e. The summed E-state index contributed by atoms with van der Waals surface area (Å²) in [6.45, 7) is 7.37. The van der Waals surface area contributed by atoms with E-state index in [1.54, 1.807) is 0 Å². The van der Waals surface area contributed by atoms with Gasteiger partial charge in [0.25, 0.3) is 0 Å². The third-order valence-corrected chi connectivity index (χ3v) is 6.33. The minimum Gasteiger partial charge on any atom is -0.376 e. The van der Waals surface area contributed by atoms with Crippen LogP contribution in [0.3, 0.4) is 0 Å².